The van der Waals surface area contributed by atoms with E-state index in [4.69, 9.17) is 14.3 Å². The van der Waals surface area contributed by atoms with Crippen LogP contribution in [-0.4, -0.2) is 31.9 Å². The number of carbonyl (C=O) groups excluding carboxylic acids is 1. The second-order valence-electron chi connectivity index (χ2n) is 6.18. The molecule has 1 aliphatic heterocycles. The highest BCUT2D eigenvalue weighted by molar-refractivity contribution is 6.04. The number of ether oxygens (including phenoxy) is 2. The van der Waals surface area contributed by atoms with E-state index in [0.29, 0.717) is 23.6 Å². The summed E-state index contributed by atoms with van der Waals surface area (Å²) in [7, 11) is 3.15. The lowest BCUT2D eigenvalue weighted by molar-refractivity contribution is -0.131. The van der Waals surface area contributed by atoms with Gasteiger partial charge in [-0.05, 0) is 42.8 Å². The Morgan fingerprint density at radius 3 is 2.63 bits per heavy atom. The molecule has 1 amide bonds. The van der Waals surface area contributed by atoms with Gasteiger partial charge in [-0.2, -0.15) is 0 Å². The summed E-state index contributed by atoms with van der Waals surface area (Å²) in [6.45, 7) is 1.85. The molecule has 1 heterocycles. The van der Waals surface area contributed by atoms with Crippen LogP contribution in [-0.2, 0) is 9.63 Å². The van der Waals surface area contributed by atoms with E-state index in [0.717, 1.165) is 11.1 Å². The van der Waals surface area contributed by atoms with Crippen molar-refractivity contribution in [3.8, 4) is 11.5 Å². The number of nitrogens with zero attached hydrogens (tertiary/aromatic N) is 1. The van der Waals surface area contributed by atoms with E-state index in [-0.39, 0.29) is 17.8 Å². The fourth-order valence-corrected chi connectivity index (χ4v) is 2.89. The van der Waals surface area contributed by atoms with Crippen LogP contribution in [0.4, 0.5) is 4.39 Å². The van der Waals surface area contributed by atoms with Gasteiger partial charge in [0.1, 0.15) is 17.3 Å². The summed E-state index contributed by atoms with van der Waals surface area (Å²) in [6.07, 6.45) is -0.413. The number of oxime groups is 1. The first-order chi connectivity index (χ1) is 13.0. The fourth-order valence-electron chi connectivity index (χ4n) is 2.89. The Hall–Kier alpha value is -3.09. The molecular formula is C20H21FN2O4. The van der Waals surface area contributed by atoms with Crippen LogP contribution in [0.5, 0.6) is 11.5 Å². The summed E-state index contributed by atoms with van der Waals surface area (Å²) in [6, 6.07) is 11.0. The zero-order chi connectivity index (χ0) is 19.4. The highest BCUT2D eigenvalue weighted by Crippen LogP contribution is 2.29. The van der Waals surface area contributed by atoms with Crippen molar-refractivity contribution in [2.75, 3.05) is 14.2 Å². The van der Waals surface area contributed by atoms with Crippen molar-refractivity contribution in [2.45, 2.75) is 25.5 Å². The van der Waals surface area contributed by atoms with Crippen LogP contribution < -0.4 is 14.8 Å². The van der Waals surface area contributed by atoms with Gasteiger partial charge in [0.2, 0.25) is 6.10 Å². The molecule has 142 valence electrons. The van der Waals surface area contributed by atoms with Gasteiger partial charge in [-0.1, -0.05) is 17.3 Å². The van der Waals surface area contributed by atoms with E-state index in [1.54, 1.807) is 38.5 Å². The Balaban J connectivity index is 1.65. The average Bonchev–Trinajstić information content (AvgIpc) is 3.18. The van der Waals surface area contributed by atoms with Gasteiger partial charge in [-0.25, -0.2) is 4.39 Å². The van der Waals surface area contributed by atoms with Crippen LogP contribution in [0.15, 0.2) is 47.6 Å². The Morgan fingerprint density at radius 2 is 1.96 bits per heavy atom. The number of rotatable bonds is 6. The molecule has 0 aromatic heterocycles. The van der Waals surface area contributed by atoms with Crippen LogP contribution in [0.25, 0.3) is 0 Å². The molecule has 0 bridgehead atoms. The normalized spacial score (nSPS) is 16.9. The summed E-state index contributed by atoms with van der Waals surface area (Å²) in [5, 5.41) is 6.88. The van der Waals surface area contributed by atoms with E-state index >= 15 is 0 Å². The van der Waals surface area contributed by atoms with Crippen molar-refractivity contribution in [1.82, 2.24) is 5.32 Å². The minimum atomic E-state index is -0.732. The summed E-state index contributed by atoms with van der Waals surface area (Å²) in [4.78, 5) is 17.8. The third-order valence-electron chi connectivity index (χ3n) is 4.40. The van der Waals surface area contributed by atoms with Crippen LogP contribution in [0, 0.1) is 5.82 Å². The summed E-state index contributed by atoms with van der Waals surface area (Å²) in [5.74, 6) is 0.715. The topological polar surface area (TPSA) is 69.2 Å². The van der Waals surface area contributed by atoms with Crippen molar-refractivity contribution in [2.24, 2.45) is 5.16 Å². The zero-order valence-electron chi connectivity index (χ0n) is 15.4. The van der Waals surface area contributed by atoms with Gasteiger partial charge in [0, 0.05) is 12.0 Å². The Bertz CT molecular complexity index is 852. The van der Waals surface area contributed by atoms with E-state index in [1.807, 2.05) is 13.0 Å². The van der Waals surface area contributed by atoms with Gasteiger partial charge in [0.25, 0.3) is 5.91 Å². The van der Waals surface area contributed by atoms with Crippen molar-refractivity contribution >= 4 is 11.6 Å². The largest absolute Gasteiger partial charge is 0.497 e. The first-order valence-electron chi connectivity index (χ1n) is 8.52. The molecule has 0 spiro atoms. The van der Waals surface area contributed by atoms with Crippen LogP contribution in [0.3, 0.4) is 0 Å². The molecule has 1 N–H and O–H groups in total. The summed E-state index contributed by atoms with van der Waals surface area (Å²) < 4.78 is 23.7. The minimum Gasteiger partial charge on any atom is -0.497 e. The molecule has 0 saturated heterocycles. The molecule has 0 aliphatic carbocycles. The van der Waals surface area contributed by atoms with Gasteiger partial charge < -0.3 is 19.6 Å². The predicted molar refractivity (Wildman–Crippen MR) is 98.5 cm³/mol. The third kappa shape index (κ3) is 4.19. The molecule has 2 atom stereocenters. The number of carbonyl (C=O) groups is 1. The van der Waals surface area contributed by atoms with Crippen molar-refractivity contribution in [3.63, 3.8) is 0 Å². The molecule has 2 unspecified atom stereocenters. The monoisotopic (exact) mass is 372 g/mol. The van der Waals surface area contributed by atoms with E-state index in [2.05, 4.69) is 10.5 Å². The maximum absolute atomic E-state index is 13.0. The van der Waals surface area contributed by atoms with E-state index < -0.39 is 6.10 Å². The smallest absolute Gasteiger partial charge is 0.264 e. The maximum Gasteiger partial charge on any atom is 0.264 e. The summed E-state index contributed by atoms with van der Waals surface area (Å²) in [5.41, 5.74) is 2.14. The van der Waals surface area contributed by atoms with E-state index in [9.17, 15) is 9.18 Å². The minimum absolute atomic E-state index is 0.284. The molecule has 2 aromatic carbocycles. The number of nitrogens with one attached hydrogen (secondary N) is 1. The first kappa shape index (κ1) is 18.7. The lowest BCUT2D eigenvalue weighted by Gasteiger charge is -2.19. The molecule has 0 saturated carbocycles. The first-order valence-corrected chi connectivity index (χ1v) is 8.52. The second kappa shape index (κ2) is 8.07. The average molecular weight is 372 g/mol. The molecule has 6 nitrogen and oxygen atoms in total. The van der Waals surface area contributed by atoms with Crippen LogP contribution in [0.2, 0.25) is 0 Å². The Kier molecular flexibility index (Phi) is 5.59. The highest BCUT2D eigenvalue weighted by Gasteiger charge is 2.30. The molecular weight excluding hydrogens is 351 g/mol. The van der Waals surface area contributed by atoms with Crippen molar-refractivity contribution in [1.29, 1.82) is 0 Å². The molecule has 0 radical (unpaired) electrons. The quantitative estimate of drug-likeness (QED) is 0.845. The van der Waals surface area contributed by atoms with Crippen LogP contribution in [0.1, 0.15) is 30.5 Å². The number of methoxy groups -OCH3 is 2. The second-order valence-corrected chi connectivity index (χ2v) is 6.18. The van der Waals surface area contributed by atoms with Gasteiger partial charge >= 0.3 is 0 Å². The van der Waals surface area contributed by atoms with E-state index in [1.165, 1.54) is 12.1 Å². The standard InChI is InChI=1S/C20H21FN2O4/c1-12(16-10-15(25-2)8-9-18(16)26-3)22-20(24)19-11-17(23-27-19)13-4-6-14(21)7-5-13/h4-10,12,19H,11H2,1-3H3,(H,22,24). The molecule has 0 fully saturated rings. The number of hydrogen-bond acceptors (Lipinski definition) is 5. The predicted octanol–water partition coefficient (Wildman–Crippen LogP) is 3.21. The highest BCUT2D eigenvalue weighted by atomic mass is 19.1. The Morgan fingerprint density at radius 1 is 1.22 bits per heavy atom. The van der Waals surface area contributed by atoms with Gasteiger partial charge in [-0.15, -0.1) is 0 Å². The van der Waals surface area contributed by atoms with Crippen LogP contribution >= 0.6 is 0 Å². The lowest BCUT2D eigenvalue weighted by atomic mass is 10.0. The number of halogens is 1. The summed E-state index contributed by atoms with van der Waals surface area (Å²) >= 11 is 0. The molecule has 1 aliphatic rings. The third-order valence-corrected chi connectivity index (χ3v) is 4.40. The molecule has 2 aromatic rings. The lowest BCUT2D eigenvalue weighted by Crippen LogP contribution is -2.36. The maximum atomic E-state index is 13.0. The van der Waals surface area contributed by atoms with Gasteiger partial charge in [0.05, 0.1) is 26.0 Å². The Labute approximate surface area is 156 Å². The zero-order valence-corrected chi connectivity index (χ0v) is 15.4. The number of benzene rings is 2. The number of amides is 1. The van der Waals surface area contributed by atoms with Crippen molar-refractivity contribution < 1.29 is 23.5 Å². The fraction of sp³-hybridized carbons (Fsp3) is 0.300. The molecule has 27 heavy (non-hydrogen) atoms. The molecule has 3 rings (SSSR count). The van der Waals surface area contributed by atoms with Gasteiger partial charge in [0.15, 0.2) is 0 Å². The van der Waals surface area contributed by atoms with Crippen molar-refractivity contribution in [3.05, 3.63) is 59.4 Å². The SMILES string of the molecule is COc1ccc(OC)c(C(C)NC(=O)C2CC(c3ccc(F)cc3)=NO2)c1. The van der Waals surface area contributed by atoms with Gasteiger partial charge in [-0.3, -0.25) is 4.79 Å². The molecule has 7 heteroatoms. The number of hydrogen-bond donors (Lipinski definition) is 1.